The number of thiol groups is 1. The van der Waals surface area contributed by atoms with Crippen LogP contribution in [0.1, 0.15) is 27.9 Å². The predicted octanol–water partition coefficient (Wildman–Crippen LogP) is 3.26. The summed E-state index contributed by atoms with van der Waals surface area (Å²) in [5, 5.41) is 3.13. The third-order valence-corrected chi connectivity index (χ3v) is 4.11. The van der Waals surface area contributed by atoms with Crippen LogP contribution in [0, 0.1) is 0 Å². The molecule has 20 heavy (non-hydrogen) atoms. The van der Waals surface area contributed by atoms with Crippen molar-refractivity contribution in [3.63, 3.8) is 0 Å². The maximum absolute atomic E-state index is 12.2. The molecule has 1 aliphatic rings. The number of benzene rings is 2. The maximum Gasteiger partial charge on any atom is 0.251 e. The lowest BCUT2D eigenvalue weighted by molar-refractivity contribution is 0.0933. The average Bonchev–Trinajstić information content (AvgIpc) is 2.48. The van der Waals surface area contributed by atoms with E-state index in [0.717, 1.165) is 24.2 Å². The van der Waals surface area contributed by atoms with Crippen LogP contribution >= 0.6 is 12.6 Å². The minimum Gasteiger partial charge on any atom is -0.349 e. The van der Waals surface area contributed by atoms with Gasteiger partial charge in [0.05, 0.1) is 0 Å². The smallest absolute Gasteiger partial charge is 0.251 e. The van der Waals surface area contributed by atoms with Crippen LogP contribution in [0.5, 0.6) is 0 Å². The summed E-state index contributed by atoms with van der Waals surface area (Å²) < 4.78 is 0. The molecule has 0 saturated heterocycles. The van der Waals surface area contributed by atoms with Crippen molar-refractivity contribution in [2.75, 3.05) is 0 Å². The van der Waals surface area contributed by atoms with Crippen molar-refractivity contribution in [3.05, 3.63) is 65.2 Å². The van der Waals surface area contributed by atoms with Crippen LogP contribution in [0.4, 0.5) is 0 Å². The molecule has 0 aromatic heterocycles. The first kappa shape index (κ1) is 13.3. The number of hydrogen-bond acceptors (Lipinski definition) is 2. The monoisotopic (exact) mass is 283 g/mol. The number of amides is 1. The number of carbonyl (C=O) groups excluding carboxylic acids is 1. The van der Waals surface area contributed by atoms with Gasteiger partial charge in [-0.1, -0.05) is 24.3 Å². The van der Waals surface area contributed by atoms with E-state index >= 15 is 0 Å². The minimum absolute atomic E-state index is 0.00251. The summed E-state index contributed by atoms with van der Waals surface area (Å²) in [5.41, 5.74) is 3.47. The molecule has 0 heterocycles. The number of carbonyl (C=O) groups is 1. The molecule has 1 amide bonds. The molecule has 0 aliphatic heterocycles. The van der Waals surface area contributed by atoms with E-state index in [9.17, 15) is 4.79 Å². The average molecular weight is 283 g/mol. The fourth-order valence-electron chi connectivity index (χ4n) is 2.70. The zero-order valence-electron chi connectivity index (χ0n) is 11.2. The lowest BCUT2D eigenvalue weighted by Gasteiger charge is -2.25. The molecule has 0 bridgehead atoms. The Balaban J connectivity index is 1.67. The Kier molecular flexibility index (Phi) is 3.79. The van der Waals surface area contributed by atoms with Crippen LogP contribution in [0.15, 0.2) is 53.4 Å². The highest BCUT2D eigenvalue weighted by Gasteiger charge is 2.20. The van der Waals surface area contributed by atoms with Gasteiger partial charge in [-0.2, -0.15) is 0 Å². The highest BCUT2D eigenvalue weighted by molar-refractivity contribution is 7.80. The minimum atomic E-state index is 0.00251. The third kappa shape index (κ3) is 2.88. The van der Waals surface area contributed by atoms with Crippen molar-refractivity contribution in [2.24, 2.45) is 0 Å². The van der Waals surface area contributed by atoms with E-state index in [1.165, 1.54) is 11.1 Å². The lowest BCUT2D eigenvalue weighted by atomic mass is 9.88. The van der Waals surface area contributed by atoms with Crippen LogP contribution in [0.2, 0.25) is 0 Å². The fraction of sp³-hybridized carbons (Fsp3) is 0.235. The van der Waals surface area contributed by atoms with Gasteiger partial charge in [-0.15, -0.1) is 12.6 Å². The Morgan fingerprint density at radius 1 is 1.05 bits per heavy atom. The quantitative estimate of drug-likeness (QED) is 0.814. The van der Waals surface area contributed by atoms with E-state index in [1.54, 1.807) is 0 Å². The lowest BCUT2D eigenvalue weighted by Crippen LogP contribution is -2.38. The van der Waals surface area contributed by atoms with Crippen LogP contribution in [-0.4, -0.2) is 11.9 Å². The van der Waals surface area contributed by atoms with Crippen molar-refractivity contribution in [1.29, 1.82) is 0 Å². The number of nitrogens with one attached hydrogen (secondary N) is 1. The van der Waals surface area contributed by atoms with Gasteiger partial charge in [0.15, 0.2) is 0 Å². The van der Waals surface area contributed by atoms with Crippen molar-refractivity contribution in [2.45, 2.75) is 30.2 Å². The molecule has 3 heteroatoms. The Morgan fingerprint density at radius 2 is 1.75 bits per heavy atom. The molecule has 3 rings (SSSR count). The third-order valence-electron chi connectivity index (χ3n) is 3.81. The highest BCUT2D eigenvalue weighted by Crippen LogP contribution is 2.21. The second-order valence-corrected chi connectivity index (χ2v) is 5.75. The first-order valence-corrected chi connectivity index (χ1v) is 7.34. The van der Waals surface area contributed by atoms with E-state index in [4.69, 9.17) is 0 Å². The molecule has 2 nitrogen and oxygen atoms in total. The molecule has 2 aromatic carbocycles. The van der Waals surface area contributed by atoms with Crippen LogP contribution < -0.4 is 5.32 Å². The molecule has 1 atom stereocenters. The van der Waals surface area contributed by atoms with Crippen molar-refractivity contribution >= 4 is 18.5 Å². The molecule has 1 N–H and O–H groups in total. The topological polar surface area (TPSA) is 29.1 Å². The van der Waals surface area contributed by atoms with Gasteiger partial charge < -0.3 is 5.32 Å². The Labute approximate surface area is 124 Å². The van der Waals surface area contributed by atoms with E-state index in [-0.39, 0.29) is 11.9 Å². The van der Waals surface area contributed by atoms with Gasteiger partial charge in [0.25, 0.3) is 5.91 Å². The summed E-state index contributed by atoms with van der Waals surface area (Å²) >= 11 is 4.23. The molecule has 0 saturated carbocycles. The normalized spacial score (nSPS) is 17.4. The number of rotatable bonds is 2. The molecule has 1 aliphatic carbocycles. The highest BCUT2D eigenvalue weighted by atomic mass is 32.1. The zero-order valence-corrected chi connectivity index (χ0v) is 12.1. The summed E-state index contributed by atoms with van der Waals surface area (Å²) in [6.07, 6.45) is 2.97. The van der Waals surface area contributed by atoms with E-state index in [1.807, 2.05) is 24.3 Å². The molecule has 1 unspecified atom stereocenters. The molecular formula is C17H17NOS. The van der Waals surface area contributed by atoms with Gasteiger partial charge in [0.2, 0.25) is 0 Å². The fourth-order valence-corrected chi connectivity index (χ4v) is 2.85. The molecule has 0 spiro atoms. The van der Waals surface area contributed by atoms with Crippen LogP contribution in [0.25, 0.3) is 0 Å². The first-order chi connectivity index (χ1) is 9.72. The molecule has 2 aromatic rings. The number of fused-ring (bicyclic) bond motifs is 1. The van der Waals surface area contributed by atoms with Gasteiger partial charge in [-0.25, -0.2) is 0 Å². The van der Waals surface area contributed by atoms with Crippen molar-refractivity contribution in [3.8, 4) is 0 Å². The SMILES string of the molecule is O=C(NC1CCc2ccccc2C1)c1ccc(S)cc1. The van der Waals surface area contributed by atoms with Gasteiger partial charge >= 0.3 is 0 Å². The van der Waals surface area contributed by atoms with E-state index in [0.29, 0.717) is 5.56 Å². The Bertz CT molecular complexity index is 621. The van der Waals surface area contributed by atoms with Gasteiger partial charge in [-0.05, 0) is 54.7 Å². The Morgan fingerprint density at radius 3 is 2.50 bits per heavy atom. The zero-order chi connectivity index (χ0) is 13.9. The molecule has 102 valence electrons. The van der Waals surface area contributed by atoms with Gasteiger partial charge in [-0.3, -0.25) is 4.79 Å². The summed E-state index contributed by atoms with van der Waals surface area (Å²) in [7, 11) is 0. The van der Waals surface area contributed by atoms with Gasteiger partial charge in [0, 0.05) is 16.5 Å². The second-order valence-electron chi connectivity index (χ2n) is 5.23. The van der Waals surface area contributed by atoms with Crippen molar-refractivity contribution < 1.29 is 4.79 Å². The summed E-state index contributed by atoms with van der Waals surface area (Å²) in [6, 6.07) is 16.0. The molecule has 0 radical (unpaired) electrons. The van der Waals surface area contributed by atoms with E-state index < -0.39 is 0 Å². The van der Waals surface area contributed by atoms with Crippen LogP contribution in [0.3, 0.4) is 0 Å². The number of hydrogen-bond donors (Lipinski definition) is 2. The van der Waals surface area contributed by atoms with Crippen LogP contribution in [-0.2, 0) is 12.8 Å². The summed E-state index contributed by atoms with van der Waals surface area (Å²) in [6.45, 7) is 0. The number of aryl methyl sites for hydroxylation is 1. The maximum atomic E-state index is 12.2. The first-order valence-electron chi connectivity index (χ1n) is 6.89. The standard InChI is InChI=1S/C17H17NOS/c19-17(13-6-9-16(20)10-7-13)18-15-8-5-12-3-1-2-4-14(12)11-15/h1-4,6-7,9-10,15,20H,5,8,11H2,(H,18,19). The molecular weight excluding hydrogens is 266 g/mol. The summed E-state index contributed by atoms with van der Waals surface area (Å²) in [4.78, 5) is 13.1. The second kappa shape index (κ2) is 5.71. The molecule has 0 fully saturated rings. The van der Waals surface area contributed by atoms with Gasteiger partial charge in [0.1, 0.15) is 0 Å². The Hall–Kier alpha value is -1.74. The summed E-state index contributed by atoms with van der Waals surface area (Å²) in [5.74, 6) is 0.00251. The largest absolute Gasteiger partial charge is 0.349 e. The van der Waals surface area contributed by atoms with Crippen molar-refractivity contribution in [1.82, 2.24) is 5.32 Å². The predicted molar refractivity (Wildman–Crippen MR) is 83.4 cm³/mol. The van der Waals surface area contributed by atoms with E-state index in [2.05, 4.69) is 42.2 Å².